The first kappa shape index (κ1) is 13.8. The van der Waals surface area contributed by atoms with Gasteiger partial charge in [-0.15, -0.1) is 11.3 Å². The standard InChI is InChI=1S/C14H14N2O4S/c1-7-6-21-13(15-7)11(8-2-3-8)16-12(17)9-4-5-10(20-9)14(18)19/h4-6,8,11H,2-3H2,1H3,(H,16,17)(H,18,19). The average molecular weight is 306 g/mol. The fourth-order valence-corrected chi connectivity index (χ4v) is 3.05. The Bertz CT molecular complexity index is 687. The third-order valence-electron chi connectivity index (χ3n) is 3.32. The highest BCUT2D eigenvalue weighted by Crippen LogP contribution is 2.42. The predicted molar refractivity (Wildman–Crippen MR) is 75.4 cm³/mol. The Hall–Kier alpha value is -2.15. The smallest absolute Gasteiger partial charge is 0.371 e. The molecule has 2 N–H and O–H groups in total. The van der Waals surface area contributed by atoms with Gasteiger partial charge in [0.05, 0.1) is 6.04 Å². The fraction of sp³-hybridized carbons (Fsp3) is 0.357. The first-order valence-electron chi connectivity index (χ1n) is 6.60. The minimum atomic E-state index is -1.19. The molecule has 0 saturated heterocycles. The molecule has 6 nitrogen and oxygen atoms in total. The molecule has 3 rings (SSSR count). The summed E-state index contributed by atoms with van der Waals surface area (Å²) in [6, 6.07) is 2.52. The van der Waals surface area contributed by atoms with Crippen molar-refractivity contribution in [3.63, 3.8) is 0 Å². The molecule has 21 heavy (non-hydrogen) atoms. The van der Waals surface area contributed by atoms with E-state index in [1.807, 2.05) is 12.3 Å². The van der Waals surface area contributed by atoms with Crippen molar-refractivity contribution in [1.82, 2.24) is 10.3 Å². The molecule has 1 atom stereocenters. The van der Waals surface area contributed by atoms with Crippen LogP contribution in [0.2, 0.25) is 0 Å². The highest BCUT2D eigenvalue weighted by Gasteiger charge is 2.35. The summed E-state index contributed by atoms with van der Waals surface area (Å²) in [7, 11) is 0. The maximum absolute atomic E-state index is 12.2. The average Bonchev–Trinajstić information content (AvgIpc) is 2.98. The van der Waals surface area contributed by atoms with E-state index in [1.54, 1.807) is 0 Å². The fourth-order valence-electron chi connectivity index (χ4n) is 2.11. The van der Waals surface area contributed by atoms with E-state index in [2.05, 4.69) is 10.3 Å². The zero-order valence-electron chi connectivity index (χ0n) is 11.3. The number of furan rings is 1. The molecular formula is C14H14N2O4S. The summed E-state index contributed by atoms with van der Waals surface area (Å²) < 4.78 is 5.02. The number of carboxylic acids is 1. The van der Waals surface area contributed by atoms with Gasteiger partial charge in [0.15, 0.2) is 5.76 Å². The number of hydrogen-bond acceptors (Lipinski definition) is 5. The summed E-state index contributed by atoms with van der Waals surface area (Å²) in [6.07, 6.45) is 2.12. The van der Waals surface area contributed by atoms with Crippen LogP contribution in [0.4, 0.5) is 0 Å². The van der Waals surface area contributed by atoms with Crippen LogP contribution >= 0.6 is 11.3 Å². The van der Waals surface area contributed by atoms with Gasteiger partial charge < -0.3 is 14.8 Å². The minimum Gasteiger partial charge on any atom is -0.475 e. The van der Waals surface area contributed by atoms with Crippen molar-refractivity contribution >= 4 is 23.2 Å². The monoisotopic (exact) mass is 306 g/mol. The first-order valence-corrected chi connectivity index (χ1v) is 7.48. The van der Waals surface area contributed by atoms with Crippen LogP contribution in [0.25, 0.3) is 0 Å². The van der Waals surface area contributed by atoms with Crippen LogP contribution in [0.15, 0.2) is 21.9 Å². The summed E-state index contributed by atoms with van der Waals surface area (Å²) in [6.45, 7) is 1.91. The number of carbonyl (C=O) groups is 2. The highest BCUT2D eigenvalue weighted by atomic mass is 32.1. The van der Waals surface area contributed by atoms with Crippen LogP contribution < -0.4 is 5.32 Å². The van der Waals surface area contributed by atoms with Gasteiger partial charge in [0, 0.05) is 11.1 Å². The van der Waals surface area contributed by atoms with Gasteiger partial charge in [-0.1, -0.05) is 0 Å². The number of carboxylic acid groups (broad SMARTS) is 1. The van der Waals surface area contributed by atoms with E-state index in [1.165, 1.54) is 23.5 Å². The van der Waals surface area contributed by atoms with Crippen LogP contribution in [0.3, 0.4) is 0 Å². The molecule has 2 heterocycles. The minimum absolute atomic E-state index is 0.00586. The van der Waals surface area contributed by atoms with Crippen LogP contribution in [0.1, 0.15) is 50.7 Å². The van der Waals surface area contributed by atoms with E-state index < -0.39 is 11.9 Å². The van der Waals surface area contributed by atoms with Gasteiger partial charge in [0.2, 0.25) is 5.76 Å². The number of aryl methyl sites for hydroxylation is 1. The maximum Gasteiger partial charge on any atom is 0.371 e. The number of nitrogens with one attached hydrogen (secondary N) is 1. The lowest BCUT2D eigenvalue weighted by Crippen LogP contribution is -2.29. The van der Waals surface area contributed by atoms with Crippen molar-refractivity contribution in [2.75, 3.05) is 0 Å². The van der Waals surface area contributed by atoms with Crippen molar-refractivity contribution in [1.29, 1.82) is 0 Å². The number of hydrogen-bond donors (Lipinski definition) is 2. The Labute approximate surface area is 124 Å². The van der Waals surface area contributed by atoms with Gasteiger partial charge in [-0.25, -0.2) is 9.78 Å². The molecule has 1 aliphatic rings. The van der Waals surface area contributed by atoms with E-state index in [0.29, 0.717) is 5.92 Å². The summed E-state index contributed by atoms with van der Waals surface area (Å²) >= 11 is 1.52. The summed E-state index contributed by atoms with van der Waals surface area (Å²) in [5, 5.41) is 14.5. The third kappa shape index (κ3) is 2.97. The number of nitrogens with zero attached hydrogens (tertiary/aromatic N) is 1. The molecule has 0 aromatic carbocycles. The van der Waals surface area contributed by atoms with Crippen molar-refractivity contribution in [3.8, 4) is 0 Å². The molecule has 110 valence electrons. The summed E-state index contributed by atoms with van der Waals surface area (Å²) in [5.74, 6) is -1.44. The van der Waals surface area contributed by atoms with Gasteiger partial charge in [0.25, 0.3) is 5.91 Å². The van der Waals surface area contributed by atoms with E-state index in [-0.39, 0.29) is 17.6 Å². The predicted octanol–water partition coefficient (Wildman–Crippen LogP) is 2.62. The van der Waals surface area contributed by atoms with E-state index in [4.69, 9.17) is 9.52 Å². The van der Waals surface area contributed by atoms with Crippen LogP contribution in [0, 0.1) is 12.8 Å². The molecule has 1 fully saturated rings. The molecule has 1 aliphatic carbocycles. The molecule has 0 bridgehead atoms. The van der Waals surface area contributed by atoms with E-state index >= 15 is 0 Å². The molecule has 7 heteroatoms. The quantitative estimate of drug-likeness (QED) is 0.886. The zero-order chi connectivity index (χ0) is 15.0. The summed E-state index contributed by atoms with van der Waals surface area (Å²) in [4.78, 5) is 27.4. The SMILES string of the molecule is Cc1csc(C(NC(=O)c2ccc(C(=O)O)o2)C2CC2)n1. The third-order valence-corrected chi connectivity index (χ3v) is 4.37. The largest absolute Gasteiger partial charge is 0.475 e. The molecular weight excluding hydrogens is 292 g/mol. The zero-order valence-corrected chi connectivity index (χ0v) is 12.1. The van der Waals surface area contributed by atoms with Crippen LogP contribution in [-0.4, -0.2) is 22.0 Å². The molecule has 1 saturated carbocycles. The van der Waals surface area contributed by atoms with Crippen LogP contribution in [-0.2, 0) is 0 Å². The molecule has 0 radical (unpaired) electrons. The normalized spacial score (nSPS) is 15.7. The van der Waals surface area contributed by atoms with Crippen LogP contribution in [0.5, 0.6) is 0 Å². The number of carbonyl (C=O) groups excluding carboxylic acids is 1. The topological polar surface area (TPSA) is 92.4 Å². The Balaban J connectivity index is 1.76. The number of thiazole rings is 1. The molecule has 2 aromatic heterocycles. The lowest BCUT2D eigenvalue weighted by Gasteiger charge is -2.14. The molecule has 0 aliphatic heterocycles. The lowest BCUT2D eigenvalue weighted by molar-refractivity contribution is 0.0659. The van der Waals surface area contributed by atoms with Gasteiger partial charge in [0.1, 0.15) is 5.01 Å². The molecule has 0 spiro atoms. The summed E-state index contributed by atoms with van der Waals surface area (Å²) in [5.41, 5.74) is 0.932. The number of aromatic carboxylic acids is 1. The second kappa shape index (κ2) is 5.33. The number of rotatable bonds is 5. The molecule has 1 unspecified atom stereocenters. The van der Waals surface area contributed by atoms with Gasteiger partial charge in [-0.3, -0.25) is 4.79 Å². The molecule has 2 aromatic rings. The second-order valence-electron chi connectivity index (χ2n) is 5.08. The van der Waals surface area contributed by atoms with Gasteiger partial charge in [-0.2, -0.15) is 0 Å². The van der Waals surface area contributed by atoms with E-state index in [0.717, 1.165) is 23.5 Å². The molecule has 1 amide bonds. The van der Waals surface area contributed by atoms with E-state index in [9.17, 15) is 9.59 Å². The van der Waals surface area contributed by atoms with Gasteiger partial charge in [-0.05, 0) is 37.8 Å². The Morgan fingerprint density at radius 3 is 2.67 bits per heavy atom. The Kier molecular flexibility index (Phi) is 3.50. The van der Waals surface area contributed by atoms with Gasteiger partial charge >= 0.3 is 5.97 Å². The highest BCUT2D eigenvalue weighted by molar-refractivity contribution is 7.09. The lowest BCUT2D eigenvalue weighted by atomic mass is 10.2. The Morgan fingerprint density at radius 1 is 1.43 bits per heavy atom. The number of aromatic nitrogens is 1. The first-order chi connectivity index (χ1) is 10.0. The Morgan fingerprint density at radius 2 is 2.14 bits per heavy atom. The van der Waals surface area contributed by atoms with Crippen molar-refractivity contribution in [3.05, 3.63) is 39.7 Å². The van der Waals surface area contributed by atoms with Crippen molar-refractivity contribution < 1.29 is 19.1 Å². The maximum atomic E-state index is 12.2. The number of amides is 1. The van der Waals surface area contributed by atoms with Crippen molar-refractivity contribution in [2.24, 2.45) is 5.92 Å². The second-order valence-corrected chi connectivity index (χ2v) is 5.97. The van der Waals surface area contributed by atoms with Crippen molar-refractivity contribution in [2.45, 2.75) is 25.8 Å².